The summed E-state index contributed by atoms with van der Waals surface area (Å²) >= 11 is 0. The van der Waals surface area contributed by atoms with Crippen molar-refractivity contribution in [1.82, 2.24) is 0 Å². The van der Waals surface area contributed by atoms with Crippen molar-refractivity contribution >= 4 is 23.2 Å². The van der Waals surface area contributed by atoms with Crippen molar-refractivity contribution in [3.63, 3.8) is 0 Å². The van der Waals surface area contributed by atoms with Crippen molar-refractivity contribution in [2.24, 2.45) is 0 Å². The van der Waals surface area contributed by atoms with Crippen LogP contribution in [-0.2, 0) is 9.59 Å². The van der Waals surface area contributed by atoms with Gasteiger partial charge in [0, 0.05) is 18.7 Å². The third kappa shape index (κ3) is 4.45. The average Bonchev–Trinajstić information content (AvgIpc) is 2.56. The molecular weight excluding hydrogens is 338 g/mol. The van der Waals surface area contributed by atoms with Gasteiger partial charge in [0.15, 0.2) is 11.6 Å². The Morgan fingerprint density at radius 1 is 1.12 bits per heavy atom. The van der Waals surface area contributed by atoms with Crippen LogP contribution in [0.15, 0.2) is 36.4 Å². The van der Waals surface area contributed by atoms with Crippen LogP contribution in [-0.4, -0.2) is 18.4 Å². The average molecular weight is 360 g/mol. The van der Waals surface area contributed by atoms with Gasteiger partial charge in [-0.25, -0.2) is 8.78 Å². The molecule has 0 fully saturated rings. The standard InChI is InChI=1S/C20H22F2N2O2/c1-12(2)16-7-5-6-13(3)20(16)24(14(4)25)11-19(26)23-15-8-9-17(21)18(22)10-15/h5-10,12H,11H2,1-4H3,(H,23,26). The molecule has 2 amide bonds. The number of hydrogen-bond donors (Lipinski definition) is 1. The number of hydrogen-bond acceptors (Lipinski definition) is 2. The van der Waals surface area contributed by atoms with Gasteiger partial charge in [0.25, 0.3) is 0 Å². The molecule has 6 heteroatoms. The van der Waals surface area contributed by atoms with Crippen LogP contribution in [0.4, 0.5) is 20.2 Å². The molecule has 0 atom stereocenters. The van der Waals surface area contributed by atoms with Gasteiger partial charge in [-0.15, -0.1) is 0 Å². The highest BCUT2D eigenvalue weighted by Gasteiger charge is 2.22. The van der Waals surface area contributed by atoms with Crippen molar-refractivity contribution in [2.45, 2.75) is 33.6 Å². The molecule has 0 aromatic heterocycles. The molecule has 0 bridgehead atoms. The summed E-state index contributed by atoms with van der Waals surface area (Å²) in [6.45, 7) is 7.07. The molecule has 0 saturated heterocycles. The van der Waals surface area contributed by atoms with E-state index in [4.69, 9.17) is 0 Å². The number of rotatable bonds is 5. The van der Waals surface area contributed by atoms with Gasteiger partial charge in [-0.1, -0.05) is 32.0 Å². The lowest BCUT2D eigenvalue weighted by Gasteiger charge is -2.27. The second kappa shape index (κ2) is 8.08. The highest BCUT2D eigenvalue weighted by molar-refractivity contribution is 6.02. The van der Waals surface area contributed by atoms with Crippen molar-refractivity contribution in [3.05, 3.63) is 59.2 Å². The highest BCUT2D eigenvalue weighted by Crippen LogP contribution is 2.31. The van der Waals surface area contributed by atoms with Gasteiger partial charge >= 0.3 is 0 Å². The molecule has 2 aromatic rings. The first-order valence-electron chi connectivity index (χ1n) is 8.33. The van der Waals surface area contributed by atoms with Crippen molar-refractivity contribution in [3.8, 4) is 0 Å². The minimum Gasteiger partial charge on any atom is -0.324 e. The zero-order valence-electron chi connectivity index (χ0n) is 15.3. The summed E-state index contributed by atoms with van der Waals surface area (Å²) < 4.78 is 26.3. The van der Waals surface area contributed by atoms with Gasteiger partial charge in [0.1, 0.15) is 6.54 Å². The van der Waals surface area contributed by atoms with Gasteiger partial charge in [-0.3, -0.25) is 9.59 Å². The first kappa shape index (κ1) is 19.6. The summed E-state index contributed by atoms with van der Waals surface area (Å²) in [5.41, 5.74) is 2.68. The van der Waals surface area contributed by atoms with E-state index in [-0.39, 0.29) is 24.1 Å². The maximum absolute atomic E-state index is 13.3. The number of anilines is 2. The Morgan fingerprint density at radius 2 is 1.81 bits per heavy atom. The molecule has 0 radical (unpaired) electrons. The van der Waals surface area contributed by atoms with E-state index in [1.165, 1.54) is 17.9 Å². The van der Waals surface area contributed by atoms with Crippen LogP contribution < -0.4 is 10.2 Å². The molecule has 0 aliphatic heterocycles. The van der Waals surface area contributed by atoms with Gasteiger partial charge in [0.2, 0.25) is 11.8 Å². The second-order valence-electron chi connectivity index (χ2n) is 6.45. The SMILES string of the molecule is CC(=O)N(CC(=O)Nc1ccc(F)c(F)c1)c1c(C)cccc1C(C)C. The number of aryl methyl sites for hydroxylation is 1. The molecular formula is C20H22F2N2O2. The normalized spacial score (nSPS) is 10.7. The van der Waals surface area contributed by atoms with Crippen LogP contribution >= 0.6 is 0 Å². The maximum Gasteiger partial charge on any atom is 0.244 e. The summed E-state index contributed by atoms with van der Waals surface area (Å²) in [6.07, 6.45) is 0. The lowest BCUT2D eigenvalue weighted by atomic mass is 9.97. The molecule has 0 heterocycles. The number of carbonyl (C=O) groups is 2. The van der Waals surface area contributed by atoms with Gasteiger partial charge in [-0.2, -0.15) is 0 Å². The number of nitrogens with one attached hydrogen (secondary N) is 1. The molecule has 2 rings (SSSR count). The lowest BCUT2D eigenvalue weighted by molar-refractivity contribution is -0.120. The largest absolute Gasteiger partial charge is 0.324 e. The summed E-state index contributed by atoms with van der Waals surface area (Å²) in [4.78, 5) is 26.0. The molecule has 138 valence electrons. The third-order valence-corrected chi connectivity index (χ3v) is 4.05. The summed E-state index contributed by atoms with van der Waals surface area (Å²) in [6, 6.07) is 8.82. The molecule has 2 aromatic carbocycles. The van der Waals surface area contributed by atoms with E-state index >= 15 is 0 Å². The fourth-order valence-electron chi connectivity index (χ4n) is 2.78. The zero-order chi connectivity index (χ0) is 19.4. The minimum atomic E-state index is -1.05. The maximum atomic E-state index is 13.3. The fraction of sp³-hybridized carbons (Fsp3) is 0.300. The van der Waals surface area contributed by atoms with Crippen LogP contribution in [0.1, 0.15) is 37.8 Å². The lowest BCUT2D eigenvalue weighted by Crippen LogP contribution is -2.37. The molecule has 0 spiro atoms. The van der Waals surface area contributed by atoms with Crippen molar-refractivity contribution in [2.75, 3.05) is 16.8 Å². The quantitative estimate of drug-likeness (QED) is 0.860. The number of benzene rings is 2. The summed E-state index contributed by atoms with van der Waals surface area (Å²) in [5, 5.41) is 2.49. The zero-order valence-corrected chi connectivity index (χ0v) is 15.3. The minimum absolute atomic E-state index is 0.131. The summed E-state index contributed by atoms with van der Waals surface area (Å²) in [5.74, 6) is -2.64. The number of para-hydroxylation sites is 1. The molecule has 0 unspecified atom stereocenters. The van der Waals surface area contributed by atoms with E-state index in [0.717, 1.165) is 23.3 Å². The van der Waals surface area contributed by atoms with Crippen LogP contribution in [0.5, 0.6) is 0 Å². The smallest absolute Gasteiger partial charge is 0.244 e. The molecule has 26 heavy (non-hydrogen) atoms. The van der Waals surface area contributed by atoms with Crippen LogP contribution in [0.3, 0.4) is 0 Å². The Kier molecular flexibility index (Phi) is 6.08. The number of carbonyl (C=O) groups excluding carboxylic acids is 2. The first-order valence-corrected chi connectivity index (χ1v) is 8.33. The third-order valence-electron chi connectivity index (χ3n) is 4.05. The fourth-order valence-corrected chi connectivity index (χ4v) is 2.78. The van der Waals surface area contributed by atoms with E-state index in [0.29, 0.717) is 5.69 Å². The Morgan fingerprint density at radius 3 is 2.38 bits per heavy atom. The van der Waals surface area contributed by atoms with Gasteiger partial charge in [-0.05, 0) is 36.1 Å². The van der Waals surface area contributed by atoms with E-state index in [1.54, 1.807) is 0 Å². The van der Waals surface area contributed by atoms with Gasteiger partial charge < -0.3 is 10.2 Å². The Balaban J connectivity index is 2.28. The molecule has 4 nitrogen and oxygen atoms in total. The van der Waals surface area contributed by atoms with Crippen LogP contribution in [0.25, 0.3) is 0 Å². The number of amides is 2. The predicted octanol–water partition coefficient (Wildman–Crippen LogP) is 4.39. The molecule has 0 aliphatic rings. The van der Waals surface area contributed by atoms with Gasteiger partial charge in [0.05, 0.1) is 5.69 Å². The monoisotopic (exact) mass is 360 g/mol. The Bertz CT molecular complexity index is 835. The van der Waals surface area contributed by atoms with Crippen LogP contribution in [0.2, 0.25) is 0 Å². The molecule has 0 aliphatic carbocycles. The molecule has 0 saturated carbocycles. The number of halogens is 2. The Labute approximate surface area is 151 Å². The van der Waals surface area contributed by atoms with E-state index < -0.39 is 17.5 Å². The van der Waals surface area contributed by atoms with E-state index in [1.807, 2.05) is 39.0 Å². The van der Waals surface area contributed by atoms with Crippen molar-refractivity contribution < 1.29 is 18.4 Å². The first-order chi connectivity index (χ1) is 12.2. The highest BCUT2D eigenvalue weighted by atomic mass is 19.2. The topological polar surface area (TPSA) is 49.4 Å². The molecule has 1 N–H and O–H groups in total. The number of nitrogens with zero attached hydrogens (tertiary/aromatic N) is 1. The van der Waals surface area contributed by atoms with E-state index in [9.17, 15) is 18.4 Å². The Hall–Kier alpha value is -2.76. The van der Waals surface area contributed by atoms with Crippen molar-refractivity contribution in [1.29, 1.82) is 0 Å². The van der Waals surface area contributed by atoms with E-state index in [2.05, 4.69) is 5.32 Å². The van der Waals surface area contributed by atoms with Crippen LogP contribution in [0, 0.1) is 18.6 Å². The predicted molar refractivity (Wildman–Crippen MR) is 98.3 cm³/mol. The summed E-state index contributed by atoms with van der Waals surface area (Å²) in [7, 11) is 0. The second-order valence-corrected chi connectivity index (χ2v) is 6.45.